The predicted octanol–water partition coefficient (Wildman–Crippen LogP) is -0.748. The molecule has 0 aliphatic heterocycles. The average molecular weight is 263 g/mol. The average Bonchev–Trinajstić information content (AvgIpc) is 3.00. The van der Waals surface area contributed by atoms with Crippen molar-refractivity contribution in [2.24, 2.45) is 5.73 Å². The molecule has 0 radical (unpaired) electrons. The van der Waals surface area contributed by atoms with E-state index in [1.807, 2.05) is 17.7 Å². The lowest BCUT2D eigenvalue weighted by atomic mass is 10.3. The molecule has 0 saturated carbocycles. The second-order valence-electron chi connectivity index (χ2n) is 4.29. The molecule has 1 atom stereocenters. The van der Waals surface area contributed by atoms with Gasteiger partial charge in [0.1, 0.15) is 0 Å². The zero-order chi connectivity index (χ0) is 13.7. The van der Waals surface area contributed by atoms with Crippen molar-refractivity contribution in [2.75, 3.05) is 6.54 Å². The minimum atomic E-state index is -0.240. The molecule has 0 aliphatic carbocycles. The van der Waals surface area contributed by atoms with Crippen molar-refractivity contribution < 1.29 is 4.79 Å². The van der Waals surface area contributed by atoms with Crippen molar-refractivity contribution in [3.05, 3.63) is 30.6 Å². The van der Waals surface area contributed by atoms with Gasteiger partial charge in [-0.25, -0.2) is 4.98 Å². The summed E-state index contributed by atoms with van der Waals surface area (Å²) in [5, 5.41) is 10.5. The Morgan fingerprint density at radius 2 is 2.42 bits per heavy atom. The Kier molecular flexibility index (Phi) is 4.24. The fraction of sp³-hybridized carbons (Fsp3) is 0.455. The smallest absolute Gasteiger partial charge is 0.273 e. The molecule has 1 unspecified atom stereocenters. The van der Waals surface area contributed by atoms with Crippen molar-refractivity contribution in [1.82, 2.24) is 29.9 Å². The van der Waals surface area contributed by atoms with Crippen molar-refractivity contribution in [3.63, 3.8) is 0 Å². The Balaban J connectivity index is 1.88. The summed E-state index contributed by atoms with van der Waals surface area (Å²) < 4.78 is 3.45. The molecule has 3 N–H and O–H groups in total. The van der Waals surface area contributed by atoms with Gasteiger partial charge in [-0.2, -0.15) is 0 Å². The highest BCUT2D eigenvalue weighted by Gasteiger charge is 2.13. The maximum atomic E-state index is 11.9. The van der Waals surface area contributed by atoms with Gasteiger partial charge in [0, 0.05) is 31.5 Å². The maximum absolute atomic E-state index is 11.9. The van der Waals surface area contributed by atoms with Gasteiger partial charge in [0.15, 0.2) is 5.69 Å². The Hall–Kier alpha value is -2.22. The van der Waals surface area contributed by atoms with Crippen LogP contribution in [0.2, 0.25) is 0 Å². The van der Waals surface area contributed by atoms with E-state index in [4.69, 9.17) is 5.73 Å². The van der Waals surface area contributed by atoms with Gasteiger partial charge in [-0.15, -0.1) is 5.10 Å². The molecule has 8 nitrogen and oxygen atoms in total. The number of imidazole rings is 1. The molecular formula is C11H17N7O. The minimum Gasteiger partial charge on any atom is -0.346 e. The Morgan fingerprint density at radius 3 is 3.11 bits per heavy atom. The van der Waals surface area contributed by atoms with Crippen LogP contribution < -0.4 is 11.1 Å². The Bertz CT molecular complexity index is 519. The second-order valence-corrected chi connectivity index (χ2v) is 4.29. The lowest BCUT2D eigenvalue weighted by Crippen LogP contribution is -2.35. The van der Waals surface area contributed by atoms with E-state index in [-0.39, 0.29) is 11.9 Å². The van der Waals surface area contributed by atoms with Gasteiger partial charge < -0.3 is 15.6 Å². The minimum absolute atomic E-state index is 0.0265. The molecule has 2 rings (SSSR count). The largest absolute Gasteiger partial charge is 0.346 e. The lowest BCUT2D eigenvalue weighted by molar-refractivity contribution is 0.0931. The summed E-state index contributed by atoms with van der Waals surface area (Å²) in [6.07, 6.45) is 6.85. The fourth-order valence-corrected chi connectivity index (χ4v) is 1.70. The van der Waals surface area contributed by atoms with Gasteiger partial charge in [0.25, 0.3) is 5.91 Å². The molecule has 0 bridgehead atoms. The van der Waals surface area contributed by atoms with Crippen LogP contribution in [-0.2, 0) is 13.1 Å². The van der Waals surface area contributed by atoms with E-state index in [0.29, 0.717) is 25.3 Å². The highest BCUT2D eigenvalue weighted by atomic mass is 16.2. The van der Waals surface area contributed by atoms with E-state index >= 15 is 0 Å². The van der Waals surface area contributed by atoms with E-state index in [1.165, 1.54) is 0 Å². The van der Waals surface area contributed by atoms with E-state index in [1.54, 1.807) is 23.4 Å². The zero-order valence-electron chi connectivity index (χ0n) is 10.7. The maximum Gasteiger partial charge on any atom is 0.273 e. The standard InChI is InChI=1S/C11H17N7O/c1-9(6-17-5-3-13-8-17)14-11(19)10-7-18(4-2-12)16-15-10/h3,5,7-9H,2,4,6,12H2,1H3,(H,14,19). The molecule has 0 spiro atoms. The number of amides is 1. The molecule has 2 heterocycles. The van der Waals surface area contributed by atoms with Crippen LogP contribution in [-0.4, -0.2) is 43.0 Å². The van der Waals surface area contributed by atoms with Crippen molar-refractivity contribution in [3.8, 4) is 0 Å². The quantitative estimate of drug-likeness (QED) is 0.714. The first-order chi connectivity index (χ1) is 9.19. The molecule has 19 heavy (non-hydrogen) atoms. The molecule has 1 amide bonds. The SMILES string of the molecule is CC(Cn1ccnc1)NC(=O)c1cn(CCN)nn1. The monoisotopic (exact) mass is 263 g/mol. The first kappa shape index (κ1) is 13.2. The molecular weight excluding hydrogens is 246 g/mol. The third kappa shape index (κ3) is 3.62. The first-order valence-corrected chi connectivity index (χ1v) is 6.06. The second kappa shape index (κ2) is 6.10. The normalized spacial score (nSPS) is 12.3. The number of aromatic nitrogens is 5. The summed E-state index contributed by atoms with van der Waals surface area (Å²) in [4.78, 5) is 15.9. The summed E-state index contributed by atoms with van der Waals surface area (Å²) >= 11 is 0. The van der Waals surface area contributed by atoms with Gasteiger partial charge in [0.2, 0.25) is 0 Å². The summed E-state index contributed by atoms with van der Waals surface area (Å²) in [7, 11) is 0. The Morgan fingerprint density at radius 1 is 1.58 bits per heavy atom. The van der Waals surface area contributed by atoms with Crippen LogP contribution in [0.15, 0.2) is 24.9 Å². The van der Waals surface area contributed by atoms with Crippen LogP contribution in [0.3, 0.4) is 0 Å². The number of carbonyl (C=O) groups is 1. The summed E-state index contributed by atoms with van der Waals surface area (Å²) in [5.41, 5.74) is 5.70. The summed E-state index contributed by atoms with van der Waals surface area (Å²) in [5.74, 6) is -0.240. The van der Waals surface area contributed by atoms with E-state index in [9.17, 15) is 4.79 Å². The van der Waals surface area contributed by atoms with E-state index in [0.717, 1.165) is 0 Å². The number of hydrogen-bond donors (Lipinski definition) is 2. The molecule has 2 aromatic heterocycles. The molecule has 102 valence electrons. The number of nitrogens with one attached hydrogen (secondary N) is 1. The number of rotatable bonds is 6. The van der Waals surface area contributed by atoms with Crippen LogP contribution in [0.5, 0.6) is 0 Å². The number of nitrogens with zero attached hydrogens (tertiary/aromatic N) is 5. The first-order valence-electron chi connectivity index (χ1n) is 6.06. The van der Waals surface area contributed by atoms with Crippen LogP contribution in [0.25, 0.3) is 0 Å². The van der Waals surface area contributed by atoms with Crippen molar-refractivity contribution in [2.45, 2.75) is 26.1 Å². The lowest BCUT2D eigenvalue weighted by Gasteiger charge is -2.13. The predicted molar refractivity (Wildman–Crippen MR) is 68.2 cm³/mol. The van der Waals surface area contributed by atoms with Gasteiger partial charge >= 0.3 is 0 Å². The highest BCUT2D eigenvalue weighted by molar-refractivity contribution is 5.92. The molecule has 8 heteroatoms. The van der Waals surface area contributed by atoms with Crippen LogP contribution >= 0.6 is 0 Å². The van der Waals surface area contributed by atoms with E-state index in [2.05, 4.69) is 20.6 Å². The Labute approximate surface area is 110 Å². The zero-order valence-corrected chi connectivity index (χ0v) is 10.7. The third-order valence-corrected chi connectivity index (χ3v) is 2.55. The molecule has 0 aliphatic rings. The van der Waals surface area contributed by atoms with E-state index < -0.39 is 0 Å². The van der Waals surface area contributed by atoms with Gasteiger partial charge in [-0.3, -0.25) is 9.48 Å². The molecule has 0 fully saturated rings. The molecule has 0 saturated heterocycles. The number of nitrogens with two attached hydrogens (primary N) is 1. The number of carbonyl (C=O) groups excluding carboxylic acids is 1. The third-order valence-electron chi connectivity index (χ3n) is 2.55. The summed E-state index contributed by atoms with van der Waals surface area (Å²) in [6, 6.07) is -0.0265. The van der Waals surface area contributed by atoms with Crippen molar-refractivity contribution >= 4 is 5.91 Å². The van der Waals surface area contributed by atoms with Gasteiger partial charge in [-0.1, -0.05) is 5.21 Å². The van der Waals surface area contributed by atoms with Gasteiger partial charge in [-0.05, 0) is 6.92 Å². The van der Waals surface area contributed by atoms with Crippen molar-refractivity contribution in [1.29, 1.82) is 0 Å². The molecule has 0 aromatic carbocycles. The molecule has 2 aromatic rings. The topological polar surface area (TPSA) is 104 Å². The fourth-order valence-electron chi connectivity index (χ4n) is 1.70. The van der Waals surface area contributed by atoms with Crippen LogP contribution in [0.1, 0.15) is 17.4 Å². The van der Waals surface area contributed by atoms with Crippen LogP contribution in [0.4, 0.5) is 0 Å². The highest BCUT2D eigenvalue weighted by Crippen LogP contribution is 1.96. The van der Waals surface area contributed by atoms with Gasteiger partial charge in [0.05, 0.1) is 19.1 Å². The van der Waals surface area contributed by atoms with Crippen LogP contribution in [0, 0.1) is 0 Å². The number of hydrogen-bond acceptors (Lipinski definition) is 5. The summed E-state index contributed by atoms with van der Waals surface area (Å²) in [6.45, 7) is 3.58.